The molecular formula is C12H15ClNO2S+. The number of hydrogen-bond donors (Lipinski definition) is 0. The van der Waals surface area contributed by atoms with Crippen molar-refractivity contribution < 1.29 is 12.9 Å². The van der Waals surface area contributed by atoms with Gasteiger partial charge in [0.2, 0.25) is 9.84 Å². The number of nitrogens with zero attached hydrogens (tertiary/aromatic N) is 1. The Morgan fingerprint density at radius 1 is 1.18 bits per heavy atom. The van der Waals surface area contributed by atoms with Crippen molar-refractivity contribution in [1.29, 1.82) is 0 Å². The molecule has 0 N–H and O–H groups in total. The minimum atomic E-state index is -3.40. The van der Waals surface area contributed by atoms with Gasteiger partial charge in [-0.15, -0.1) is 0 Å². The van der Waals surface area contributed by atoms with E-state index in [9.17, 15) is 8.42 Å². The standard InChI is InChI=1S/C12H15ClNO2S/c1-14(2,3)8-11-12(13)9-6-4-5-7-10(9)17(11,15)16/h4-7H,8H2,1-3H3/q+1. The van der Waals surface area contributed by atoms with Crippen LogP contribution in [-0.2, 0) is 9.84 Å². The molecule has 0 radical (unpaired) electrons. The second-order valence-electron chi connectivity index (χ2n) is 5.19. The maximum absolute atomic E-state index is 12.3. The van der Waals surface area contributed by atoms with E-state index in [0.29, 0.717) is 31.4 Å². The fourth-order valence-corrected chi connectivity index (χ4v) is 4.34. The largest absolute Gasteiger partial charge is 0.327 e. The Morgan fingerprint density at radius 2 is 1.76 bits per heavy atom. The molecule has 1 aliphatic rings. The Balaban J connectivity index is 2.61. The predicted molar refractivity (Wildman–Crippen MR) is 69.3 cm³/mol. The molecule has 2 rings (SSSR count). The van der Waals surface area contributed by atoms with Crippen molar-refractivity contribution in [3.63, 3.8) is 0 Å². The Labute approximate surface area is 107 Å². The second kappa shape index (κ2) is 3.83. The summed E-state index contributed by atoms with van der Waals surface area (Å²) in [5.74, 6) is 0. The number of fused-ring (bicyclic) bond motifs is 1. The van der Waals surface area contributed by atoms with Crippen LogP contribution < -0.4 is 0 Å². The van der Waals surface area contributed by atoms with Crippen LogP contribution in [-0.4, -0.2) is 40.6 Å². The van der Waals surface area contributed by atoms with Crippen LogP contribution in [0, 0.1) is 0 Å². The first-order valence-electron chi connectivity index (χ1n) is 5.27. The molecule has 0 amide bonds. The Kier molecular flexibility index (Phi) is 2.84. The molecule has 1 aliphatic heterocycles. The number of hydrogen-bond acceptors (Lipinski definition) is 2. The van der Waals surface area contributed by atoms with Crippen molar-refractivity contribution in [2.75, 3.05) is 27.7 Å². The minimum absolute atomic E-state index is 0.327. The molecule has 3 nitrogen and oxygen atoms in total. The highest BCUT2D eigenvalue weighted by Gasteiger charge is 2.37. The smallest absolute Gasteiger partial charge is 0.210 e. The van der Waals surface area contributed by atoms with E-state index >= 15 is 0 Å². The van der Waals surface area contributed by atoms with Crippen LogP contribution in [0.2, 0.25) is 0 Å². The van der Waals surface area contributed by atoms with Crippen LogP contribution in [0.4, 0.5) is 0 Å². The third-order valence-corrected chi connectivity index (χ3v) is 5.06. The summed E-state index contributed by atoms with van der Waals surface area (Å²) < 4.78 is 25.2. The zero-order chi connectivity index (χ0) is 12.8. The quantitative estimate of drug-likeness (QED) is 0.773. The monoisotopic (exact) mass is 272 g/mol. The molecule has 17 heavy (non-hydrogen) atoms. The topological polar surface area (TPSA) is 34.1 Å². The summed E-state index contributed by atoms with van der Waals surface area (Å²) >= 11 is 6.19. The minimum Gasteiger partial charge on any atom is -0.327 e. The molecule has 0 aromatic heterocycles. The van der Waals surface area contributed by atoms with E-state index in [4.69, 9.17) is 11.6 Å². The molecule has 0 saturated heterocycles. The van der Waals surface area contributed by atoms with Gasteiger partial charge in [0.15, 0.2) is 0 Å². The lowest BCUT2D eigenvalue weighted by Crippen LogP contribution is -2.37. The summed E-state index contributed by atoms with van der Waals surface area (Å²) in [5, 5.41) is 0.369. The van der Waals surface area contributed by atoms with Gasteiger partial charge in [-0.3, -0.25) is 0 Å². The van der Waals surface area contributed by atoms with Gasteiger partial charge >= 0.3 is 0 Å². The lowest BCUT2D eigenvalue weighted by atomic mass is 10.2. The Morgan fingerprint density at radius 3 is 2.29 bits per heavy atom. The highest BCUT2D eigenvalue weighted by Crippen LogP contribution is 2.41. The summed E-state index contributed by atoms with van der Waals surface area (Å²) in [6, 6.07) is 6.87. The zero-order valence-corrected chi connectivity index (χ0v) is 11.6. The molecule has 0 spiro atoms. The highest BCUT2D eigenvalue weighted by molar-refractivity contribution is 7.96. The molecule has 0 fully saturated rings. The first-order chi connectivity index (χ1) is 7.73. The van der Waals surface area contributed by atoms with Crippen LogP contribution in [0.25, 0.3) is 5.03 Å². The van der Waals surface area contributed by atoms with Crippen LogP contribution in [0.1, 0.15) is 5.56 Å². The third kappa shape index (κ3) is 2.12. The van der Waals surface area contributed by atoms with E-state index in [-0.39, 0.29) is 0 Å². The van der Waals surface area contributed by atoms with Gasteiger partial charge in [-0.1, -0.05) is 29.8 Å². The number of rotatable bonds is 2. The molecule has 0 atom stereocenters. The van der Waals surface area contributed by atoms with Crippen molar-refractivity contribution in [3.8, 4) is 0 Å². The van der Waals surface area contributed by atoms with E-state index in [1.165, 1.54) is 0 Å². The molecule has 0 unspecified atom stereocenters. The van der Waals surface area contributed by atoms with Gasteiger partial charge in [0, 0.05) is 5.56 Å². The first kappa shape index (κ1) is 12.6. The molecule has 5 heteroatoms. The van der Waals surface area contributed by atoms with Gasteiger partial charge < -0.3 is 4.48 Å². The summed E-state index contributed by atoms with van der Waals surface area (Å²) in [4.78, 5) is 0.654. The van der Waals surface area contributed by atoms with Gasteiger partial charge in [0.05, 0.1) is 31.1 Å². The second-order valence-corrected chi connectivity index (χ2v) is 7.50. The number of sulfone groups is 1. The fourth-order valence-electron chi connectivity index (χ4n) is 1.87. The molecule has 1 aromatic carbocycles. The normalized spacial score (nSPS) is 18.4. The van der Waals surface area contributed by atoms with Gasteiger partial charge in [-0.05, 0) is 6.07 Å². The molecule has 0 saturated carbocycles. The van der Waals surface area contributed by atoms with Crippen LogP contribution in [0.15, 0.2) is 34.1 Å². The van der Waals surface area contributed by atoms with Crippen LogP contribution >= 0.6 is 11.6 Å². The summed E-state index contributed by atoms with van der Waals surface area (Å²) in [7, 11) is 2.42. The van der Waals surface area contributed by atoms with Gasteiger partial charge in [0.1, 0.15) is 11.4 Å². The van der Waals surface area contributed by atoms with E-state index < -0.39 is 9.84 Å². The molecule has 0 bridgehead atoms. The highest BCUT2D eigenvalue weighted by atomic mass is 35.5. The van der Waals surface area contributed by atoms with Crippen molar-refractivity contribution in [3.05, 3.63) is 34.7 Å². The lowest BCUT2D eigenvalue weighted by molar-refractivity contribution is -0.864. The van der Waals surface area contributed by atoms with E-state index in [1.54, 1.807) is 24.3 Å². The van der Waals surface area contributed by atoms with Gasteiger partial charge in [0.25, 0.3) is 0 Å². The Bertz CT molecular complexity index is 597. The summed E-state index contributed by atoms with van der Waals surface area (Å²) in [6.45, 7) is 0.399. The fraction of sp³-hybridized carbons (Fsp3) is 0.333. The molecular weight excluding hydrogens is 258 g/mol. The van der Waals surface area contributed by atoms with Crippen molar-refractivity contribution in [2.45, 2.75) is 4.90 Å². The van der Waals surface area contributed by atoms with Crippen LogP contribution in [0.3, 0.4) is 0 Å². The maximum atomic E-state index is 12.3. The summed E-state index contributed by atoms with van der Waals surface area (Å²) in [6.07, 6.45) is 0. The van der Waals surface area contributed by atoms with E-state index in [2.05, 4.69) is 0 Å². The molecule has 92 valence electrons. The SMILES string of the molecule is C[N+](C)(C)CC1=C(Cl)c2ccccc2S1(=O)=O. The van der Waals surface area contributed by atoms with Crippen molar-refractivity contribution in [1.82, 2.24) is 0 Å². The molecule has 1 heterocycles. The zero-order valence-electron chi connectivity index (χ0n) is 10.1. The number of likely N-dealkylation sites (N-methyl/N-ethyl adjacent to an activating group) is 1. The van der Waals surface area contributed by atoms with E-state index in [0.717, 1.165) is 0 Å². The van der Waals surface area contributed by atoms with Gasteiger partial charge in [-0.2, -0.15) is 0 Å². The predicted octanol–water partition coefficient (Wildman–Crippen LogP) is 2.09. The number of quaternary nitrogens is 1. The number of halogens is 1. The Hall–Kier alpha value is -0.840. The van der Waals surface area contributed by atoms with E-state index in [1.807, 2.05) is 21.1 Å². The average Bonchev–Trinajstić information content (AvgIpc) is 2.39. The molecule has 0 aliphatic carbocycles. The average molecular weight is 273 g/mol. The van der Waals surface area contributed by atoms with Crippen molar-refractivity contribution >= 4 is 26.5 Å². The maximum Gasteiger partial charge on any atom is 0.210 e. The molecule has 1 aromatic rings. The lowest BCUT2D eigenvalue weighted by Gasteiger charge is -2.24. The summed E-state index contributed by atoms with van der Waals surface area (Å²) in [5.41, 5.74) is 0.623. The van der Waals surface area contributed by atoms with Crippen LogP contribution in [0.5, 0.6) is 0 Å². The van der Waals surface area contributed by atoms with Gasteiger partial charge in [-0.25, -0.2) is 8.42 Å². The third-order valence-electron chi connectivity index (χ3n) is 2.60. The first-order valence-corrected chi connectivity index (χ1v) is 7.13. The number of benzene rings is 1. The van der Waals surface area contributed by atoms with Crippen molar-refractivity contribution in [2.24, 2.45) is 0 Å².